The van der Waals surface area contributed by atoms with Gasteiger partial charge in [-0.15, -0.1) is 29.7 Å². The molecule has 2 aromatic heterocycles. The Bertz CT molecular complexity index is 3990. The van der Waals surface area contributed by atoms with Gasteiger partial charge in [-0.3, -0.25) is 0 Å². The quantitative estimate of drug-likeness (QED) is 0.0624. The summed E-state index contributed by atoms with van der Waals surface area (Å²) >= 11 is 0. The molecule has 12 aromatic carbocycles. The molecule has 0 atom stereocenters. The van der Waals surface area contributed by atoms with Crippen molar-refractivity contribution in [2.75, 3.05) is 0 Å². The Labute approximate surface area is 535 Å². The summed E-state index contributed by atoms with van der Waals surface area (Å²) in [6.45, 7) is 0. The average Bonchev–Trinajstić information content (AvgIpc) is 1.50. The van der Waals surface area contributed by atoms with E-state index in [-0.39, 0.29) is 23.8 Å². The van der Waals surface area contributed by atoms with E-state index in [1.165, 1.54) is 0 Å². The van der Waals surface area contributed by atoms with Crippen LogP contribution in [0.2, 0.25) is 0 Å². The second kappa shape index (κ2) is 26.9. The minimum atomic E-state index is -3.07. The van der Waals surface area contributed by atoms with Crippen LogP contribution in [0.1, 0.15) is 0 Å². The van der Waals surface area contributed by atoms with Crippen molar-refractivity contribution in [2.45, 2.75) is 0 Å². The predicted molar refractivity (Wildman–Crippen MR) is 385 cm³/mol. The second-order valence-corrected chi connectivity index (χ2v) is 33.5. The van der Waals surface area contributed by atoms with Crippen molar-refractivity contribution < 1.29 is 0 Å². The van der Waals surface area contributed by atoms with E-state index in [0.29, 0.717) is 0 Å². The van der Waals surface area contributed by atoms with Crippen LogP contribution in [0.25, 0.3) is 0 Å². The minimum Gasteiger partial charge on any atom is -0.216 e. The van der Waals surface area contributed by atoms with Gasteiger partial charge in [0, 0.05) is 63.7 Å². The minimum absolute atomic E-state index is 0.161. The molecule has 14 aromatic rings. The molecule has 0 saturated carbocycles. The van der Waals surface area contributed by atoms with Crippen molar-refractivity contribution >= 4 is 116 Å². The van der Waals surface area contributed by atoms with E-state index in [1.807, 2.05) is 72.8 Å². The first-order chi connectivity index (χ1) is 45.6. The van der Waals surface area contributed by atoms with Crippen molar-refractivity contribution in [3.05, 3.63) is 364 Å². The van der Waals surface area contributed by atoms with E-state index < -0.39 is 28.2 Å². The lowest BCUT2D eigenvalue weighted by Crippen LogP contribution is -2.25. The molecule has 444 valence electrons. The third-order valence-corrected chi connectivity index (χ3v) is 30.4. The number of benzene rings is 12. The van der Waals surface area contributed by atoms with Gasteiger partial charge >= 0.3 is 0 Å². The molecule has 0 spiro atoms. The van der Waals surface area contributed by atoms with Gasteiger partial charge in [0.25, 0.3) is 23.8 Å². The molecule has 0 radical (unpaired) electrons. The highest BCUT2D eigenvalue weighted by atomic mass is 31.2. The van der Waals surface area contributed by atoms with Crippen LogP contribution in [0.3, 0.4) is 0 Å². The summed E-state index contributed by atoms with van der Waals surface area (Å²) in [5.41, 5.74) is 0. The summed E-state index contributed by atoms with van der Waals surface area (Å²) in [6.07, 6.45) is 0. The topological polar surface area (TPSA) is 136 Å². The number of hydrogen-bond donors (Lipinski definition) is 0. The summed E-state index contributed by atoms with van der Waals surface area (Å²) in [5, 5.41) is 43.2. The molecule has 0 bridgehead atoms. The molecular weight excluding hydrogens is 1200 g/mol. The molecule has 2 heterocycles. The Balaban J connectivity index is 1.15. The van der Waals surface area contributed by atoms with E-state index in [4.69, 9.17) is 49.8 Å². The zero-order valence-corrected chi connectivity index (χ0v) is 53.4. The fourth-order valence-electron chi connectivity index (χ4n) is 11.8. The fourth-order valence-corrected chi connectivity index (χ4v) is 25.5. The maximum absolute atomic E-state index is 5.99. The number of aromatic nitrogens is 6. The summed E-state index contributed by atoms with van der Waals surface area (Å²) in [7, 11) is -12.3. The smallest absolute Gasteiger partial charge is 0.216 e. The highest BCUT2D eigenvalue weighted by Gasteiger charge is 2.35. The first kappa shape index (κ1) is 59.1. The van der Waals surface area contributed by atoms with Crippen LogP contribution < -0.4 is 63.7 Å². The molecule has 0 saturated heterocycles. The summed E-state index contributed by atoms with van der Waals surface area (Å²) in [6, 6.07) is 125. The van der Waals surface area contributed by atoms with Crippen molar-refractivity contribution in [1.82, 2.24) is 29.7 Å². The van der Waals surface area contributed by atoms with Crippen molar-refractivity contribution in [2.24, 2.45) is 29.4 Å². The number of rotatable bonds is 18. The van der Waals surface area contributed by atoms with E-state index in [0.717, 1.165) is 63.7 Å². The Morgan fingerprint density at radius 2 is 0.272 bits per heavy atom. The van der Waals surface area contributed by atoms with E-state index in [1.54, 1.807) is 9.35 Å². The Morgan fingerprint density at radius 1 is 0.163 bits per heavy atom. The maximum atomic E-state index is 5.99. The summed E-state index contributed by atoms with van der Waals surface area (Å²) < 4.78 is 27.1. The van der Waals surface area contributed by atoms with Gasteiger partial charge in [0.15, 0.2) is 0 Å². The molecule has 0 aliphatic rings. The van der Waals surface area contributed by atoms with Crippen LogP contribution in [0, 0.1) is 0 Å². The highest BCUT2D eigenvalue weighted by Crippen LogP contribution is 2.54. The fraction of sp³-hybridized carbons (Fsp3) is 0. The van der Waals surface area contributed by atoms with Gasteiger partial charge in [0.1, 0.15) is 0 Å². The van der Waals surface area contributed by atoms with Gasteiger partial charge in [-0.1, -0.05) is 364 Å². The third-order valence-electron chi connectivity index (χ3n) is 16.0. The van der Waals surface area contributed by atoms with Gasteiger partial charge in [0.2, 0.25) is 0 Å². The highest BCUT2D eigenvalue weighted by molar-refractivity contribution is 7.89. The van der Waals surface area contributed by atoms with E-state index in [2.05, 4.69) is 291 Å². The molecule has 14 rings (SSSR count). The monoisotopic (exact) mass is 1260 g/mol. The van der Waals surface area contributed by atoms with Crippen LogP contribution in [0.5, 0.6) is 0 Å². The molecular formula is C76H60N12P4. The molecule has 0 N–H and O–H groups in total. The van der Waals surface area contributed by atoms with Crippen molar-refractivity contribution in [3.63, 3.8) is 0 Å². The van der Waals surface area contributed by atoms with Gasteiger partial charge in [-0.05, 0) is 10.4 Å². The lowest BCUT2D eigenvalue weighted by atomic mass is 10.4. The van der Waals surface area contributed by atoms with E-state index >= 15 is 0 Å². The zero-order valence-electron chi connectivity index (χ0n) is 49.8. The maximum Gasteiger partial charge on any atom is 0.274 e. The van der Waals surface area contributed by atoms with Crippen molar-refractivity contribution in [3.8, 4) is 0 Å². The normalized spacial score (nSPS) is 11.9. The van der Waals surface area contributed by atoms with Gasteiger partial charge in [-0.2, -0.15) is 0 Å². The summed E-state index contributed by atoms with van der Waals surface area (Å²) in [5.74, 6) is 0.645. The SMILES string of the molecule is c1ccc(P(=Nc2nnc(N=P(c3ccccc3)(c3ccccc3)c3ccccc3)n2N=Nn2c(N=P(c3ccccc3)(c3ccccc3)c3ccccc3)nnc2N=P(c2ccccc2)(c2ccccc2)c2ccccc2)(c2ccccc2)c2ccccc2)cc1. The molecule has 92 heavy (non-hydrogen) atoms. The Hall–Kier alpha value is -10.6. The standard InChI is InChI=1S/C76H60N12P4/c1-13-37-61(38-14-1)89(62-39-15-2-16-40-62,63-41-17-3-18-42-63)81-73-77-78-74(82-90(64-43-19-4-20-44-64,65-45-21-5-22-46-65)66-47-23-6-24-48-66)87(73)85-86-88-75(83-91(67-49-25-7-26-50-67,68-51-27-8-28-52-68)69-53-29-9-30-54-69)79-80-76(88)84-92(70-55-31-10-32-56-70,71-57-33-11-34-58-71)72-59-35-12-36-60-72/h1-60H. The largest absolute Gasteiger partial charge is 0.274 e. The molecule has 0 unspecified atom stereocenters. The number of nitrogens with zero attached hydrogens (tertiary/aromatic N) is 12. The third kappa shape index (κ3) is 11.2. The Kier molecular flexibility index (Phi) is 17.3. The molecule has 16 heteroatoms. The first-order valence-corrected chi connectivity index (χ1v) is 37.1. The summed E-state index contributed by atoms with van der Waals surface area (Å²) in [4.78, 5) is 0. The molecule has 12 nitrogen and oxygen atoms in total. The van der Waals surface area contributed by atoms with Crippen LogP contribution in [0.4, 0.5) is 23.8 Å². The van der Waals surface area contributed by atoms with Crippen LogP contribution in [-0.4, -0.2) is 29.7 Å². The molecule has 0 aliphatic heterocycles. The van der Waals surface area contributed by atoms with Crippen LogP contribution in [-0.2, 0) is 0 Å². The molecule has 0 aliphatic carbocycles. The van der Waals surface area contributed by atoms with Crippen molar-refractivity contribution in [1.29, 1.82) is 0 Å². The van der Waals surface area contributed by atoms with Crippen LogP contribution >= 0.6 is 28.2 Å². The Morgan fingerprint density at radius 3 is 0.380 bits per heavy atom. The van der Waals surface area contributed by atoms with E-state index in [9.17, 15) is 0 Å². The van der Waals surface area contributed by atoms with Gasteiger partial charge in [0.05, 0.1) is 28.2 Å². The predicted octanol–water partition coefficient (Wildman–Crippen LogP) is 14.8. The molecule has 0 fully saturated rings. The van der Waals surface area contributed by atoms with Gasteiger partial charge in [-0.25, -0.2) is 19.0 Å². The van der Waals surface area contributed by atoms with Crippen LogP contribution in [0.15, 0.2) is 393 Å². The average molecular weight is 1270 g/mol. The number of hydrogen-bond acceptors (Lipinski definition) is 10. The van der Waals surface area contributed by atoms with Gasteiger partial charge < -0.3 is 0 Å². The first-order valence-electron chi connectivity index (χ1n) is 30.1. The molecule has 0 amide bonds. The zero-order chi connectivity index (χ0) is 61.9. The second-order valence-electron chi connectivity index (χ2n) is 21.4. The lowest BCUT2D eigenvalue weighted by molar-refractivity contribution is 0.693. The lowest BCUT2D eigenvalue weighted by Gasteiger charge is -2.27.